The highest BCUT2D eigenvalue weighted by Crippen LogP contribution is 2.39. The van der Waals surface area contributed by atoms with E-state index in [9.17, 15) is 23.6 Å². The van der Waals surface area contributed by atoms with E-state index < -0.39 is 58.5 Å². The van der Waals surface area contributed by atoms with Crippen LogP contribution in [0.2, 0.25) is 0 Å². The molecule has 0 radical (unpaired) electrons. The molecule has 4 rings (SSSR count). The van der Waals surface area contributed by atoms with Crippen LogP contribution < -0.4 is 10.7 Å². The predicted molar refractivity (Wildman–Crippen MR) is 161 cm³/mol. The standard InChI is InChI=1S/C32H41F2N3O7/c1-8-42-28(39)21-17-37(18-12-13-18)26-19(25(34)22(33)16-20(26)27(21)38)10-9-11-24-23(35-29(40)43-31(2,3)4)14-15-36(24)30(41)44-32(5,6)7/h9-10,16-18,23-24H,8,11-15H2,1-7H3,(H,35,40)/t23-,24-/m1/s1. The molecule has 1 aromatic heterocycles. The van der Waals surface area contributed by atoms with E-state index in [0.717, 1.165) is 18.9 Å². The summed E-state index contributed by atoms with van der Waals surface area (Å²) in [5.74, 6) is -3.22. The molecule has 12 heteroatoms. The summed E-state index contributed by atoms with van der Waals surface area (Å²) < 4.78 is 48.0. The lowest BCUT2D eigenvalue weighted by Gasteiger charge is -2.30. The molecule has 0 unspecified atom stereocenters. The van der Waals surface area contributed by atoms with Crippen LogP contribution >= 0.6 is 0 Å². The topological polar surface area (TPSA) is 116 Å². The molecule has 2 amide bonds. The minimum atomic E-state index is -1.24. The number of carbonyl (C=O) groups is 3. The van der Waals surface area contributed by atoms with Crippen LogP contribution in [-0.4, -0.2) is 64.1 Å². The Bertz CT molecular complexity index is 1530. The molecule has 1 aromatic carbocycles. The average Bonchev–Trinajstić information content (AvgIpc) is 3.66. The predicted octanol–water partition coefficient (Wildman–Crippen LogP) is 6.10. The number of halogens is 2. The van der Waals surface area contributed by atoms with Crippen molar-refractivity contribution in [3.05, 3.63) is 51.3 Å². The van der Waals surface area contributed by atoms with Crippen molar-refractivity contribution in [2.75, 3.05) is 13.2 Å². The Balaban J connectivity index is 1.72. The van der Waals surface area contributed by atoms with E-state index in [2.05, 4.69) is 5.32 Å². The fourth-order valence-electron chi connectivity index (χ4n) is 5.29. The number of ether oxygens (including phenoxy) is 3. The van der Waals surface area contributed by atoms with Crippen molar-refractivity contribution in [2.45, 2.75) is 103 Å². The Morgan fingerprint density at radius 2 is 1.70 bits per heavy atom. The van der Waals surface area contributed by atoms with Crippen LogP contribution in [0.25, 0.3) is 17.0 Å². The van der Waals surface area contributed by atoms with Gasteiger partial charge in [0.1, 0.15) is 16.8 Å². The summed E-state index contributed by atoms with van der Waals surface area (Å²) >= 11 is 0. The smallest absolute Gasteiger partial charge is 0.410 e. The van der Waals surface area contributed by atoms with Gasteiger partial charge in [0, 0.05) is 24.3 Å². The lowest BCUT2D eigenvalue weighted by atomic mass is 10.0. The van der Waals surface area contributed by atoms with E-state index in [4.69, 9.17) is 14.2 Å². The van der Waals surface area contributed by atoms with Crippen molar-refractivity contribution in [3.63, 3.8) is 0 Å². The lowest BCUT2D eigenvalue weighted by molar-refractivity contribution is 0.0204. The number of pyridine rings is 1. The number of rotatable bonds is 7. The molecule has 1 aliphatic heterocycles. The van der Waals surface area contributed by atoms with Crippen LogP contribution in [-0.2, 0) is 14.2 Å². The number of hydrogen-bond acceptors (Lipinski definition) is 7. The normalized spacial score (nSPS) is 19.0. The maximum absolute atomic E-state index is 15.4. The number of benzene rings is 1. The molecule has 0 spiro atoms. The third-order valence-electron chi connectivity index (χ3n) is 7.22. The van der Waals surface area contributed by atoms with Gasteiger partial charge in [0.25, 0.3) is 0 Å². The molecule has 2 aliphatic rings. The Morgan fingerprint density at radius 1 is 1.05 bits per heavy atom. The highest BCUT2D eigenvalue weighted by atomic mass is 19.2. The molecular weight excluding hydrogens is 576 g/mol. The number of alkyl carbamates (subject to hydrolysis) is 1. The number of nitrogens with one attached hydrogen (secondary N) is 1. The molecule has 2 aromatic rings. The second-order valence-corrected chi connectivity index (χ2v) is 13.1. The van der Waals surface area contributed by atoms with E-state index in [0.29, 0.717) is 13.0 Å². The largest absolute Gasteiger partial charge is 0.462 e. The van der Waals surface area contributed by atoms with Crippen molar-refractivity contribution in [1.82, 2.24) is 14.8 Å². The lowest BCUT2D eigenvalue weighted by Crippen LogP contribution is -2.48. The SMILES string of the molecule is CCOC(=O)c1cn(C2CC2)c2c(C=CC[C@@H]3[C@H](NC(=O)OC(C)(C)C)CCN3C(=O)OC(C)(C)C)c(F)c(F)cc2c1=O. The second kappa shape index (κ2) is 12.6. The van der Waals surface area contributed by atoms with Crippen molar-refractivity contribution in [3.8, 4) is 0 Å². The van der Waals surface area contributed by atoms with E-state index >= 15 is 4.39 Å². The molecular formula is C32H41F2N3O7. The molecule has 1 saturated carbocycles. The van der Waals surface area contributed by atoms with Crippen molar-refractivity contribution in [1.29, 1.82) is 0 Å². The first-order chi connectivity index (χ1) is 20.5. The van der Waals surface area contributed by atoms with Gasteiger partial charge in [-0.05, 0) is 80.2 Å². The summed E-state index contributed by atoms with van der Waals surface area (Å²) in [6.07, 6.45) is 5.15. The average molecular weight is 618 g/mol. The van der Waals surface area contributed by atoms with E-state index in [1.165, 1.54) is 17.2 Å². The van der Waals surface area contributed by atoms with E-state index in [1.54, 1.807) is 59.1 Å². The van der Waals surface area contributed by atoms with Gasteiger partial charge in [-0.3, -0.25) is 4.79 Å². The fraction of sp³-hybridized carbons (Fsp3) is 0.562. The summed E-state index contributed by atoms with van der Waals surface area (Å²) in [5, 5.41) is 2.69. The summed E-state index contributed by atoms with van der Waals surface area (Å²) in [6, 6.07) is -0.373. The number of nitrogens with zero attached hydrogens (tertiary/aromatic N) is 2. The summed E-state index contributed by atoms with van der Waals surface area (Å²) in [7, 11) is 0. The van der Waals surface area contributed by atoms with Crippen LogP contribution in [0.1, 0.15) is 96.1 Å². The highest BCUT2D eigenvalue weighted by Gasteiger charge is 2.40. The van der Waals surface area contributed by atoms with Gasteiger partial charge in [-0.25, -0.2) is 23.2 Å². The quantitative estimate of drug-likeness (QED) is 0.295. The third-order valence-corrected chi connectivity index (χ3v) is 7.22. The molecule has 44 heavy (non-hydrogen) atoms. The molecule has 1 saturated heterocycles. The Kier molecular flexibility index (Phi) is 9.41. The van der Waals surface area contributed by atoms with Crippen LogP contribution in [0.15, 0.2) is 23.1 Å². The molecule has 10 nitrogen and oxygen atoms in total. The monoisotopic (exact) mass is 617 g/mol. The molecule has 2 heterocycles. The number of fused-ring (bicyclic) bond motifs is 1. The Hall–Kier alpha value is -3.96. The molecule has 1 aliphatic carbocycles. The number of hydrogen-bond donors (Lipinski definition) is 1. The van der Waals surface area contributed by atoms with Crippen molar-refractivity contribution in [2.24, 2.45) is 0 Å². The molecule has 1 N–H and O–H groups in total. The van der Waals surface area contributed by atoms with Crippen molar-refractivity contribution >= 4 is 35.1 Å². The van der Waals surface area contributed by atoms with Gasteiger partial charge in [-0.1, -0.05) is 12.2 Å². The number of aromatic nitrogens is 1. The first kappa shape index (κ1) is 32.9. The van der Waals surface area contributed by atoms with E-state index in [-0.39, 0.29) is 41.1 Å². The Labute approximate surface area is 255 Å². The van der Waals surface area contributed by atoms with Gasteiger partial charge < -0.3 is 29.0 Å². The second-order valence-electron chi connectivity index (χ2n) is 13.1. The van der Waals surface area contributed by atoms with Gasteiger partial charge in [-0.2, -0.15) is 0 Å². The zero-order chi connectivity index (χ0) is 32.6. The minimum Gasteiger partial charge on any atom is -0.462 e. The maximum atomic E-state index is 15.4. The zero-order valence-electron chi connectivity index (χ0n) is 26.3. The first-order valence-corrected chi connectivity index (χ1v) is 14.9. The zero-order valence-corrected chi connectivity index (χ0v) is 26.3. The van der Waals surface area contributed by atoms with Gasteiger partial charge in [-0.15, -0.1) is 0 Å². The van der Waals surface area contributed by atoms with Crippen LogP contribution in [0.3, 0.4) is 0 Å². The van der Waals surface area contributed by atoms with Crippen LogP contribution in [0.5, 0.6) is 0 Å². The maximum Gasteiger partial charge on any atom is 0.410 e. The summed E-state index contributed by atoms with van der Waals surface area (Å²) in [5.41, 5.74) is -2.48. The van der Waals surface area contributed by atoms with Gasteiger partial charge in [0.05, 0.1) is 29.6 Å². The van der Waals surface area contributed by atoms with Gasteiger partial charge in [0.2, 0.25) is 5.43 Å². The van der Waals surface area contributed by atoms with Crippen LogP contribution in [0.4, 0.5) is 18.4 Å². The molecule has 2 fully saturated rings. The molecule has 240 valence electrons. The summed E-state index contributed by atoms with van der Waals surface area (Å²) in [4.78, 5) is 53.0. The van der Waals surface area contributed by atoms with E-state index in [1.807, 2.05) is 0 Å². The first-order valence-electron chi connectivity index (χ1n) is 14.9. The van der Waals surface area contributed by atoms with Crippen LogP contribution in [0, 0.1) is 11.6 Å². The molecule has 2 atom stereocenters. The van der Waals surface area contributed by atoms with Gasteiger partial charge in [0.15, 0.2) is 11.6 Å². The number of likely N-dealkylation sites (tertiary alicyclic amines) is 1. The third kappa shape index (κ3) is 7.57. The molecule has 0 bridgehead atoms. The number of esters is 1. The van der Waals surface area contributed by atoms with Crippen molar-refractivity contribution < 1.29 is 37.4 Å². The summed E-state index contributed by atoms with van der Waals surface area (Å²) in [6.45, 7) is 12.4. The number of carbonyl (C=O) groups excluding carboxylic acids is 3. The minimum absolute atomic E-state index is 0.0523. The Morgan fingerprint density at radius 3 is 2.30 bits per heavy atom. The number of amides is 2. The van der Waals surface area contributed by atoms with Gasteiger partial charge >= 0.3 is 18.2 Å². The highest BCUT2D eigenvalue weighted by molar-refractivity contribution is 5.96. The fourth-order valence-corrected chi connectivity index (χ4v) is 5.29.